The Morgan fingerprint density at radius 1 is 1.26 bits per heavy atom. The molecule has 1 rings (SSSR count). The van der Waals surface area contributed by atoms with Crippen LogP contribution >= 0.6 is 0 Å². The highest BCUT2D eigenvalue weighted by molar-refractivity contribution is 5.27. The van der Waals surface area contributed by atoms with E-state index in [0.717, 1.165) is 11.1 Å². The van der Waals surface area contributed by atoms with Gasteiger partial charge in [-0.1, -0.05) is 30.9 Å². The van der Waals surface area contributed by atoms with E-state index in [1.807, 2.05) is 39.2 Å². The smallest absolute Gasteiger partial charge is 0.136 e. The van der Waals surface area contributed by atoms with Gasteiger partial charge in [-0.3, -0.25) is 10.6 Å². The molecule has 0 aliphatic carbocycles. The van der Waals surface area contributed by atoms with Gasteiger partial charge in [0.05, 0.1) is 0 Å². The van der Waals surface area contributed by atoms with E-state index in [2.05, 4.69) is 17.2 Å². The molecule has 4 heteroatoms. The van der Waals surface area contributed by atoms with Gasteiger partial charge < -0.3 is 9.84 Å². The summed E-state index contributed by atoms with van der Waals surface area (Å²) in [4.78, 5) is 0. The first-order valence-corrected chi connectivity index (χ1v) is 6.23. The standard InChI is InChI=1S/C15H22N2O2/c1-5-11(6-2)14(16-3)19-15(17-4)12-7-9-13(18)10-8-12/h5-10,14-18H,1H2,2-4H3/b11-6+. The minimum absolute atomic E-state index is 0.240. The molecule has 1 aromatic rings. The first-order chi connectivity index (χ1) is 9.15. The Bertz CT molecular complexity index is 426. The van der Waals surface area contributed by atoms with Crippen LogP contribution in [0.2, 0.25) is 0 Å². The van der Waals surface area contributed by atoms with Gasteiger partial charge in [0.2, 0.25) is 0 Å². The van der Waals surface area contributed by atoms with Crippen LogP contribution in [0.15, 0.2) is 48.6 Å². The molecule has 0 aliphatic heterocycles. The topological polar surface area (TPSA) is 53.5 Å². The minimum atomic E-state index is -0.270. The fourth-order valence-electron chi connectivity index (χ4n) is 1.79. The predicted octanol–water partition coefficient (Wildman–Crippen LogP) is 2.30. The first-order valence-electron chi connectivity index (χ1n) is 6.23. The summed E-state index contributed by atoms with van der Waals surface area (Å²) in [5, 5.41) is 15.5. The highest BCUT2D eigenvalue weighted by Gasteiger charge is 2.17. The summed E-state index contributed by atoms with van der Waals surface area (Å²) < 4.78 is 5.98. The van der Waals surface area contributed by atoms with Crippen LogP contribution in [0, 0.1) is 0 Å². The Kier molecular flexibility index (Phi) is 6.29. The number of nitrogens with one attached hydrogen (secondary N) is 2. The van der Waals surface area contributed by atoms with Crippen molar-refractivity contribution in [3.63, 3.8) is 0 Å². The summed E-state index contributed by atoms with van der Waals surface area (Å²) in [5.41, 5.74) is 1.92. The second kappa shape index (κ2) is 7.74. The van der Waals surface area contributed by atoms with Crippen LogP contribution in [0.3, 0.4) is 0 Å². The summed E-state index contributed by atoms with van der Waals surface area (Å²) >= 11 is 0. The number of hydrogen-bond donors (Lipinski definition) is 3. The van der Waals surface area contributed by atoms with E-state index in [-0.39, 0.29) is 18.2 Å². The van der Waals surface area contributed by atoms with Gasteiger partial charge in [0.1, 0.15) is 18.2 Å². The van der Waals surface area contributed by atoms with Crippen LogP contribution < -0.4 is 10.6 Å². The number of allylic oxidation sites excluding steroid dienone is 1. The number of hydrogen-bond acceptors (Lipinski definition) is 4. The molecule has 19 heavy (non-hydrogen) atoms. The van der Waals surface area contributed by atoms with Gasteiger partial charge in [-0.25, -0.2) is 0 Å². The number of likely N-dealkylation sites (N-methyl/N-ethyl adjacent to an activating group) is 1. The molecule has 0 aliphatic rings. The molecular formula is C15H22N2O2. The molecule has 0 amide bonds. The lowest BCUT2D eigenvalue weighted by molar-refractivity contribution is -0.0208. The Morgan fingerprint density at radius 2 is 1.89 bits per heavy atom. The summed E-state index contributed by atoms with van der Waals surface area (Å²) in [7, 11) is 3.66. The molecule has 0 saturated carbocycles. The maximum Gasteiger partial charge on any atom is 0.136 e. The fraction of sp³-hybridized carbons (Fsp3) is 0.333. The maximum absolute atomic E-state index is 9.31. The molecule has 4 nitrogen and oxygen atoms in total. The lowest BCUT2D eigenvalue weighted by Crippen LogP contribution is -2.35. The number of phenols is 1. The zero-order chi connectivity index (χ0) is 14.3. The third-order valence-corrected chi connectivity index (χ3v) is 2.86. The summed E-state index contributed by atoms with van der Waals surface area (Å²) in [5.74, 6) is 0.240. The van der Waals surface area contributed by atoms with Crippen LogP contribution in [0.25, 0.3) is 0 Å². The Labute approximate surface area is 114 Å². The lowest BCUT2D eigenvalue weighted by atomic mass is 10.1. The van der Waals surface area contributed by atoms with E-state index in [1.165, 1.54) is 0 Å². The normalized spacial score (nSPS) is 15.0. The molecule has 2 unspecified atom stereocenters. The molecule has 0 spiro atoms. The van der Waals surface area contributed by atoms with Crippen molar-refractivity contribution in [1.82, 2.24) is 10.6 Å². The van der Waals surface area contributed by atoms with Gasteiger partial charge in [0.25, 0.3) is 0 Å². The van der Waals surface area contributed by atoms with Crippen molar-refractivity contribution in [2.75, 3.05) is 14.1 Å². The second-order valence-corrected chi connectivity index (χ2v) is 4.06. The van der Waals surface area contributed by atoms with E-state index < -0.39 is 0 Å². The highest BCUT2D eigenvalue weighted by atomic mass is 16.5. The number of ether oxygens (including phenoxy) is 1. The molecule has 0 fully saturated rings. The third-order valence-electron chi connectivity index (χ3n) is 2.86. The fourth-order valence-corrected chi connectivity index (χ4v) is 1.79. The Morgan fingerprint density at radius 3 is 2.32 bits per heavy atom. The molecule has 0 heterocycles. The van der Waals surface area contributed by atoms with Crippen LogP contribution in [-0.4, -0.2) is 25.4 Å². The molecule has 0 radical (unpaired) electrons. The highest BCUT2D eigenvalue weighted by Crippen LogP contribution is 2.20. The van der Waals surface area contributed by atoms with Crippen LogP contribution in [0.5, 0.6) is 5.75 Å². The summed E-state index contributed by atoms with van der Waals surface area (Å²) in [6.45, 7) is 5.72. The van der Waals surface area contributed by atoms with E-state index in [9.17, 15) is 5.11 Å². The lowest BCUT2D eigenvalue weighted by Gasteiger charge is -2.25. The Hall–Kier alpha value is -1.62. The number of benzene rings is 1. The van der Waals surface area contributed by atoms with Gasteiger partial charge in [0.15, 0.2) is 0 Å². The van der Waals surface area contributed by atoms with Crippen LogP contribution in [0.1, 0.15) is 18.7 Å². The van der Waals surface area contributed by atoms with Gasteiger partial charge in [-0.2, -0.15) is 0 Å². The first kappa shape index (κ1) is 15.4. The second-order valence-electron chi connectivity index (χ2n) is 4.06. The van der Waals surface area contributed by atoms with Gasteiger partial charge in [0, 0.05) is 0 Å². The van der Waals surface area contributed by atoms with Crippen molar-refractivity contribution in [3.05, 3.63) is 54.1 Å². The van der Waals surface area contributed by atoms with Crippen molar-refractivity contribution in [2.24, 2.45) is 0 Å². The zero-order valence-electron chi connectivity index (χ0n) is 11.7. The van der Waals surface area contributed by atoms with Crippen LogP contribution in [0.4, 0.5) is 0 Å². The van der Waals surface area contributed by atoms with Gasteiger partial charge >= 0.3 is 0 Å². The average molecular weight is 262 g/mol. The molecule has 1 aromatic carbocycles. The summed E-state index contributed by atoms with van der Waals surface area (Å²) in [6.07, 6.45) is 3.21. The van der Waals surface area contributed by atoms with Crippen LogP contribution in [-0.2, 0) is 4.74 Å². The molecule has 3 N–H and O–H groups in total. The maximum atomic E-state index is 9.31. The van der Waals surface area contributed by atoms with Crippen molar-refractivity contribution in [3.8, 4) is 5.75 Å². The van der Waals surface area contributed by atoms with E-state index in [0.29, 0.717) is 0 Å². The molecular weight excluding hydrogens is 240 g/mol. The van der Waals surface area contributed by atoms with E-state index >= 15 is 0 Å². The monoisotopic (exact) mass is 262 g/mol. The largest absolute Gasteiger partial charge is 0.508 e. The molecule has 0 saturated heterocycles. The molecule has 0 aromatic heterocycles. The predicted molar refractivity (Wildman–Crippen MR) is 77.8 cm³/mol. The molecule has 104 valence electrons. The van der Waals surface area contributed by atoms with Crippen molar-refractivity contribution >= 4 is 0 Å². The third kappa shape index (κ3) is 4.21. The number of phenolic OH excluding ortho intramolecular Hbond substituents is 1. The van der Waals surface area contributed by atoms with Gasteiger partial charge in [-0.15, -0.1) is 0 Å². The van der Waals surface area contributed by atoms with Crippen molar-refractivity contribution in [1.29, 1.82) is 0 Å². The van der Waals surface area contributed by atoms with E-state index in [4.69, 9.17) is 4.74 Å². The minimum Gasteiger partial charge on any atom is -0.508 e. The quantitative estimate of drug-likeness (QED) is 0.521. The molecule has 0 bridgehead atoms. The van der Waals surface area contributed by atoms with Gasteiger partial charge in [-0.05, 0) is 44.3 Å². The van der Waals surface area contributed by atoms with Crippen molar-refractivity contribution < 1.29 is 9.84 Å². The van der Waals surface area contributed by atoms with E-state index in [1.54, 1.807) is 18.2 Å². The molecule has 2 atom stereocenters. The SMILES string of the molecule is C=C/C(=C\C)C(NC)OC(NC)c1ccc(O)cc1. The number of rotatable bonds is 7. The number of aromatic hydroxyl groups is 1. The Balaban J connectivity index is 2.86. The zero-order valence-corrected chi connectivity index (χ0v) is 11.7. The average Bonchev–Trinajstić information content (AvgIpc) is 2.45. The summed E-state index contributed by atoms with van der Waals surface area (Å²) in [6, 6.07) is 6.93. The van der Waals surface area contributed by atoms with Crippen molar-refractivity contribution in [2.45, 2.75) is 19.4 Å².